The highest BCUT2D eigenvalue weighted by molar-refractivity contribution is 7.92. The molecule has 2 atom stereocenters. The van der Waals surface area contributed by atoms with Crippen molar-refractivity contribution in [3.8, 4) is 0 Å². The van der Waals surface area contributed by atoms with Crippen LogP contribution >= 0.6 is 0 Å². The Morgan fingerprint density at radius 3 is 2.29 bits per heavy atom. The van der Waals surface area contributed by atoms with Gasteiger partial charge in [-0.3, -0.25) is 0 Å². The molecule has 0 heterocycles. The summed E-state index contributed by atoms with van der Waals surface area (Å²) >= 11 is 0. The zero-order valence-electron chi connectivity index (χ0n) is 11.8. The zero-order chi connectivity index (χ0) is 13.3. The van der Waals surface area contributed by atoms with E-state index in [-0.39, 0.29) is 11.2 Å². The van der Waals surface area contributed by atoms with Crippen molar-refractivity contribution in [2.45, 2.75) is 58.6 Å². The van der Waals surface area contributed by atoms with Crippen molar-refractivity contribution in [1.29, 1.82) is 0 Å². The van der Waals surface area contributed by atoms with Crippen LogP contribution in [0, 0.1) is 5.92 Å². The molecule has 0 amide bonds. The molecule has 0 aliphatic rings. The lowest BCUT2D eigenvalue weighted by Gasteiger charge is -2.16. The monoisotopic (exact) mass is 263 g/mol. The average Bonchev–Trinajstić information content (AvgIpc) is 2.27. The van der Waals surface area contributed by atoms with Gasteiger partial charge in [-0.25, -0.2) is 8.42 Å². The molecule has 4 heteroatoms. The summed E-state index contributed by atoms with van der Waals surface area (Å²) < 4.78 is 24.0. The SMILES string of the molecule is CCCCCNCC(C)S(=O)(=O)CC(C)CC. The Hall–Kier alpha value is -0.0900. The van der Waals surface area contributed by atoms with Crippen molar-refractivity contribution >= 4 is 9.84 Å². The third-order valence-corrected chi connectivity index (χ3v) is 5.64. The molecule has 0 bridgehead atoms. The Labute approximate surface area is 107 Å². The Kier molecular flexibility index (Phi) is 8.88. The molecule has 0 fully saturated rings. The second-order valence-electron chi connectivity index (χ2n) is 5.06. The van der Waals surface area contributed by atoms with Crippen LogP contribution in [-0.2, 0) is 9.84 Å². The molecule has 0 spiro atoms. The Bertz CT molecular complexity index is 275. The van der Waals surface area contributed by atoms with E-state index in [1.807, 2.05) is 20.8 Å². The topological polar surface area (TPSA) is 46.2 Å². The van der Waals surface area contributed by atoms with Gasteiger partial charge in [-0.1, -0.05) is 40.0 Å². The minimum Gasteiger partial charge on any atom is -0.315 e. The number of sulfone groups is 1. The first-order valence-electron chi connectivity index (χ1n) is 6.86. The van der Waals surface area contributed by atoms with Crippen molar-refractivity contribution in [3.05, 3.63) is 0 Å². The van der Waals surface area contributed by atoms with Crippen LogP contribution in [0.15, 0.2) is 0 Å². The molecule has 1 N–H and O–H groups in total. The van der Waals surface area contributed by atoms with E-state index < -0.39 is 9.84 Å². The minimum absolute atomic E-state index is 0.266. The smallest absolute Gasteiger partial charge is 0.154 e. The predicted molar refractivity (Wildman–Crippen MR) is 75.1 cm³/mol. The summed E-state index contributed by atoms with van der Waals surface area (Å²) in [6.45, 7) is 9.52. The fraction of sp³-hybridized carbons (Fsp3) is 1.00. The lowest BCUT2D eigenvalue weighted by Crippen LogP contribution is -2.34. The zero-order valence-corrected chi connectivity index (χ0v) is 12.6. The van der Waals surface area contributed by atoms with Crippen molar-refractivity contribution < 1.29 is 8.42 Å². The first kappa shape index (κ1) is 16.9. The Balaban J connectivity index is 3.91. The van der Waals surface area contributed by atoms with E-state index in [1.165, 1.54) is 12.8 Å². The molecular weight excluding hydrogens is 234 g/mol. The lowest BCUT2D eigenvalue weighted by molar-refractivity contribution is 0.542. The van der Waals surface area contributed by atoms with Crippen LogP contribution in [-0.4, -0.2) is 32.5 Å². The molecule has 0 aromatic carbocycles. The van der Waals surface area contributed by atoms with Gasteiger partial charge in [-0.05, 0) is 25.8 Å². The number of unbranched alkanes of at least 4 members (excludes halogenated alkanes) is 2. The van der Waals surface area contributed by atoms with Crippen molar-refractivity contribution in [2.24, 2.45) is 5.92 Å². The van der Waals surface area contributed by atoms with E-state index in [0.29, 0.717) is 12.3 Å². The first-order valence-corrected chi connectivity index (χ1v) is 8.57. The molecule has 0 aromatic rings. The van der Waals surface area contributed by atoms with Gasteiger partial charge in [0, 0.05) is 6.54 Å². The first-order chi connectivity index (χ1) is 7.94. The van der Waals surface area contributed by atoms with Crippen LogP contribution in [0.5, 0.6) is 0 Å². The van der Waals surface area contributed by atoms with Crippen LogP contribution in [0.4, 0.5) is 0 Å². The Morgan fingerprint density at radius 1 is 1.12 bits per heavy atom. The predicted octanol–water partition coefficient (Wildman–Crippen LogP) is 2.62. The third kappa shape index (κ3) is 7.77. The van der Waals surface area contributed by atoms with Crippen LogP contribution in [0.1, 0.15) is 53.4 Å². The average molecular weight is 263 g/mol. The summed E-state index contributed by atoms with van der Waals surface area (Å²) in [4.78, 5) is 0. The maximum absolute atomic E-state index is 12.0. The number of hydrogen-bond donors (Lipinski definition) is 1. The third-order valence-electron chi connectivity index (χ3n) is 3.22. The van der Waals surface area contributed by atoms with Crippen LogP contribution in [0.3, 0.4) is 0 Å². The Morgan fingerprint density at radius 2 is 1.76 bits per heavy atom. The molecule has 0 rings (SSSR count). The van der Waals surface area contributed by atoms with Gasteiger partial charge in [0.25, 0.3) is 0 Å². The van der Waals surface area contributed by atoms with E-state index in [9.17, 15) is 8.42 Å². The summed E-state index contributed by atoms with van der Waals surface area (Å²) in [7, 11) is -2.93. The van der Waals surface area contributed by atoms with Gasteiger partial charge in [0.05, 0.1) is 11.0 Å². The van der Waals surface area contributed by atoms with Gasteiger partial charge in [0.2, 0.25) is 0 Å². The van der Waals surface area contributed by atoms with Gasteiger partial charge >= 0.3 is 0 Å². The highest BCUT2D eigenvalue weighted by atomic mass is 32.2. The molecule has 0 aromatic heterocycles. The maximum atomic E-state index is 12.0. The van der Waals surface area contributed by atoms with Gasteiger partial charge in [-0.15, -0.1) is 0 Å². The second-order valence-corrected chi connectivity index (χ2v) is 7.53. The normalized spacial score (nSPS) is 15.8. The summed E-state index contributed by atoms with van der Waals surface area (Å²) in [5.74, 6) is 0.587. The van der Waals surface area contributed by atoms with Crippen LogP contribution < -0.4 is 5.32 Å². The number of rotatable bonds is 10. The largest absolute Gasteiger partial charge is 0.315 e. The van der Waals surface area contributed by atoms with E-state index in [2.05, 4.69) is 12.2 Å². The summed E-state index contributed by atoms with van der Waals surface area (Å²) in [5, 5.41) is 2.97. The molecule has 104 valence electrons. The molecule has 0 saturated carbocycles. The molecule has 0 saturated heterocycles. The van der Waals surface area contributed by atoms with Crippen molar-refractivity contribution in [1.82, 2.24) is 5.32 Å². The second kappa shape index (κ2) is 8.92. The quantitative estimate of drug-likeness (QED) is 0.616. The van der Waals surface area contributed by atoms with Crippen molar-refractivity contribution in [2.75, 3.05) is 18.8 Å². The van der Waals surface area contributed by atoms with Gasteiger partial charge in [0.15, 0.2) is 9.84 Å². The number of nitrogens with one attached hydrogen (secondary N) is 1. The number of hydrogen-bond acceptors (Lipinski definition) is 3. The molecule has 0 aliphatic heterocycles. The van der Waals surface area contributed by atoms with E-state index >= 15 is 0 Å². The van der Waals surface area contributed by atoms with Gasteiger partial charge < -0.3 is 5.32 Å². The molecule has 0 aliphatic carbocycles. The molecule has 0 radical (unpaired) electrons. The highest BCUT2D eigenvalue weighted by Crippen LogP contribution is 2.10. The highest BCUT2D eigenvalue weighted by Gasteiger charge is 2.22. The fourth-order valence-electron chi connectivity index (χ4n) is 1.61. The standard InChI is InChI=1S/C13H29NO2S/c1-5-7-8-9-14-10-13(4)17(15,16)11-12(3)6-2/h12-14H,5-11H2,1-4H3. The van der Waals surface area contributed by atoms with Crippen molar-refractivity contribution in [3.63, 3.8) is 0 Å². The maximum Gasteiger partial charge on any atom is 0.154 e. The van der Waals surface area contributed by atoms with Gasteiger partial charge in [0.1, 0.15) is 0 Å². The fourth-order valence-corrected chi connectivity index (χ4v) is 3.34. The van der Waals surface area contributed by atoms with Gasteiger partial charge in [-0.2, -0.15) is 0 Å². The van der Waals surface area contributed by atoms with E-state index in [0.717, 1.165) is 19.4 Å². The van der Waals surface area contributed by atoms with E-state index in [4.69, 9.17) is 0 Å². The molecule has 3 nitrogen and oxygen atoms in total. The summed E-state index contributed by atoms with van der Waals surface area (Å²) in [6.07, 6.45) is 4.47. The molecule has 2 unspecified atom stereocenters. The summed E-state index contributed by atoms with van der Waals surface area (Å²) in [5.41, 5.74) is 0. The minimum atomic E-state index is -2.93. The molecular formula is C13H29NO2S. The summed E-state index contributed by atoms with van der Waals surface area (Å²) in [6, 6.07) is 0. The lowest BCUT2D eigenvalue weighted by atomic mass is 10.2. The van der Waals surface area contributed by atoms with Crippen LogP contribution in [0.2, 0.25) is 0 Å². The molecule has 17 heavy (non-hydrogen) atoms. The van der Waals surface area contributed by atoms with E-state index in [1.54, 1.807) is 0 Å². The van der Waals surface area contributed by atoms with Crippen LogP contribution in [0.25, 0.3) is 0 Å².